The molecule has 0 saturated heterocycles. The maximum Gasteiger partial charge on any atom is 0.0708 e. The van der Waals surface area contributed by atoms with Gasteiger partial charge < -0.3 is 4.90 Å². The van der Waals surface area contributed by atoms with Gasteiger partial charge in [0.15, 0.2) is 0 Å². The van der Waals surface area contributed by atoms with E-state index in [4.69, 9.17) is 0 Å². The van der Waals surface area contributed by atoms with Crippen LogP contribution in [0.1, 0.15) is 0 Å². The van der Waals surface area contributed by atoms with Crippen LogP contribution in [-0.2, 0) is 0 Å². The summed E-state index contributed by atoms with van der Waals surface area (Å²) < 4.78 is 0. The predicted octanol–water partition coefficient (Wildman–Crippen LogP) is 13.0. The normalized spacial score (nSPS) is 11.3. The van der Waals surface area contributed by atoms with E-state index >= 15 is 0 Å². The molecule has 2 heteroatoms. The second-order valence-corrected chi connectivity index (χ2v) is 12.4. The lowest BCUT2D eigenvalue weighted by atomic mass is 9.93. The Morgan fingerprint density at radius 3 is 1.65 bits per heavy atom. The van der Waals surface area contributed by atoms with E-state index in [1.54, 1.807) is 0 Å². The number of rotatable bonds is 6. The molecule has 0 bridgehead atoms. The van der Waals surface area contributed by atoms with Crippen molar-refractivity contribution in [2.45, 2.75) is 0 Å². The average Bonchev–Trinajstić information content (AvgIpc) is 3.18. The molecule has 1 aromatic heterocycles. The largest absolute Gasteiger partial charge is 0.310 e. The van der Waals surface area contributed by atoms with Gasteiger partial charge in [0.1, 0.15) is 0 Å². The molecule has 0 aliphatic heterocycles. The predicted molar refractivity (Wildman–Crippen MR) is 208 cm³/mol. The maximum atomic E-state index is 4.64. The first-order valence-corrected chi connectivity index (χ1v) is 16.7. The fourth-order valence-electron chi connectivity index (χ4n) is 7.18. The van der Waals surface area contributed by atoms with Crippen LogP contribution in [0, 0.1) is 0 Å². The number of pyridine rings is 1. The quantitative estimate of drug-likeness (QED) is 0.183. The number of aromatic nitrogens is 1. The van der Waals surface area contributed by atoms with Gasteiger partial charge >= 0.3 is 0 Å². The van der Waals surface area contributed by atoms with Gasteiger partial charge in [-0.15, -0.1) is 0 Å². The Balaban J connectivity index is 1.16. The molecule has 0 aliphatic carbocycles. The summed E-state index contributed by atoms with van der Waals surface area (Å²) in [7, 11) is 0. The molecule has 0 spiro atoms. The van der Waals surface area contributed by atoms with E-state index in [0.29, 0.717) is 0 Å². The van der Waals surface area contributed by atoms with Crippen LogP contribution in [-0.4, -0.2) is 4.98 Å². The number of nitrogens with zero attached hydrogens (tertiary/aromatic N) is 2. The van der Waals surface area contributed by atoms with Crippen molar-refractivity contribution < 1.29 is 0 Å². The van der Waals surface area contributed by atoms with Gasteiger partial charge in [-0.05, 0) is 97.7 Å². The Bertz CT molecular complexity index is 2590. The summed E-state index contributed by atoms with van der Waals surface area (Å²) in [6.07, 6.45) is 1.86. The van der Waals surface area contributed by atoms with E-state index in [-0.39, 0.29) is 0 Å². The number of para-hydroxylation sites is 1. The standard InChI is InChI=1S/C47H32N2/c1-2-14-37(15-3-1)49(47-30-29-40(42-17-8-9-19-45(42)47)36-22-21-33-12-4-5-13-35(33)32-36)38-25-23-34(24-26-38)39-27-28-44(46-20-10-11-31-48-46)43-18-7-6-16-41(39)43/h1-32H. The summed E-state index contributed by atoms with van der Waals surface area (Å²) in [5.41, 5.74) is 10.3. The zero-order valence-corrected chi connectivity index (χ0v) is 26.9. The molecule has 0 fully saturated rings. The lowest BCUT2D eigenvalue weighted by Crippen LogP contribution is -2.10. The van der Waals surface area contributed by atoms with Crippen LogP contribution in [0.3, 0.4) is 0 Å². The van der Waals surface area contributed by atoms with Crippen LogP contribution in [0.15, 0.2) is 194 Å². The molecular weight excluding hydrogens is 593 g/mol. The number of fused-ring (bicyclic) bond motifs is 3. The van der Waals surface area contributed by atoms with E-state index < -0.39 is 0 Å². The summed E-state index contributed by atoms with van der Waals surface area (Å²) in [4.78, 5) is 7.01. The van der Waals surface area contributed by atoms with Crippen molar-refractivity contribution in [3.8, 4) is 33.5 Å². The maximum absolute atomic E-state index is 4.64. The van der Waals surface area contributed by atoms with Gasteiger partial charge in [-0.1, -0.05) is 140 Å². The van der Waals surface area contributed by atoms with E-state index in [0.717, 1.165) is 28.3 Å². The van der Waals surface area contributed by atoms with Crippen molar-refractivity contribution in [1.29, 1.82) is 0 Å². The number of anilines is 3. The van der Waals surface area contributed by atoms with E-state index in [2.05, 4.69) is 186 Å². The van der Waals surface area contributed by atoms with Crippen molar-refractivity contribution in [2.24, 2.45) is 0 Å². The first-order chi connectivity index (χ1) is 24.3. The smallest absolute Gasteiger partial charge is 0.0708 e. The molecule has 0 N–H and O–H groups in total. The van der Waals surface area contributed by atoms with Gasteiger partial charge in [-0.25, -0.2) is 0 Å². The summed E-state index contributed by atoms with van der Waals surface area (Å²) in [5, 5.41) is 7.35. The van der Waals surface area contributed by atoms with Crippen LogP contribution in [0.25, 0.3) is 65.8 Å². The molecule has 1 heterocycles. The molecule has 0 atom stereocenters. The molecule has 2 nitrogen and oxygen atoms in total. The van der Waals surface area contributed by atoms with Crippen molar-refractivity contribution >= 4 is 49.4 Å². The Kier molecular flexibility index (Phi) is 7.18. The topological polar surface area (TPSA) is 16.1 Å². The minimum Gasteiger partial charge on any atom is -0.310 e. The molecule has 9 aromatic rings. The molecule has 0 amide bonds. The fraction of sp³-hybridized carbons (Fsp3) is 0. The fourth-order valence-corrected chi connectivity index (χ4v) is 7.18. The van der Waals surface area contributed by atoms with Gasteiger partial charge in [0.25, 0.3) is 0 Å². The van der Waals surface area contributed by atoms with E-state index in [1.165, 1.54) is 54.6 Å². The highest BCUT2D eigenvalue weighted by Gasteiger charge is 2.18. The zero-order chi connectivity index (χ0) is 32.6. The Morgan fingerprint density at radius 2 is 0.898 bits per heavy atom. The lowest BCUT2D eigenvalue weighted by molar-refractivity contribution is 1.30. The number of hydrogen-bond donors (Lipinski definition) is 0. The third-order valence-corrected chi connectivity index (χ3v) is 9.52. The summed E-state index contributed by atoms with van der Waals surface area (Å²) >= 11 is 0. The monoisotopic (exact) mass is 624 g/mol. The summed E-state index contributed by atoms with van der Waals surface area (Å²) in [6, 6.07) is 67.4. The first kappa shape index (κ1) is 28.7. The Hall–Kier alpha value is -6.51. The highest BCUT2D eigenvalue weighted by atomic mass is 15.1. The van der Waals surface area contributed by atoms with Crippen molar-refractivity contribution in [3.05, 3.63) is 194 Å². The van der Waals surface area contributed by atoms with Crippen molar-refractivity contribution in [3.63, 3.8) is 0 Å². The van der Waals surface area contributed by atoms with E-state index in [1.807, 2.05) is 18.3 Å². The molecule has 230 valence electrons. The van der Waals surface area contributed by atoms with Crippen LogP contribution < -0.4 is 4.90 Å². The van der Waals surface area contributed by atoms with Gasteiger partial charge in [0.2, 0.25) is 0 Å². The second kappa shape index (κ2) is 12.3. The van der Waals surface area contributed by atoms with E-state index in [9.17, 15) is 0 Å². The highest BCUT2D eigenvalue weighted by molar-refractivity contribution is 6.08. The lowest BCUT2D eigenvalue weighted by Gasteiger charge is -2.27. The van der Waals surface area contributed by atoms with Crippen molar-refractivity contribution in [2.75, 3.05) is 4.90 Å². The Labute approximate surface area is 286 Å². The molecule has 49 heavy (non-hydrogen) atoms. The second-order valence-electron chi connectivity index (χ2n) is 12.4. The van der Waals surface area contributed by atoms with Gasteiger partial charge in [-0.3, -0.25) is 4.98 Å². The van der Waals surface area contributed by atoms with Crippen LogP contribution in [0.2, 0.25) is 0 Å². The molecule has 9 rings (SSSR count). The molecule has 8 aromatic carbocycles. The van der Waals surface area contributed by atoms with Gasteiger partial charge in [0, 0.05) is 28.5 Å². The summed E-state index contributed by atoms with van der Waals surface area (Å²) in [5.74, 6) is 0. The highest BCUT2D eigenvalue weighted by Crippen LogP contribution is 2.43. The van der Waals surface area contributed by atoms with Crippen molar-refractivity contribution in [1.82, 2.24) is 4.98 Å². The first-order valence-electron chi connectivity index (χ1n) is 16.7. The number of hydrogen-bond acceptors (Lipinski definition) is 2. The molecular formula is C47H32N2. The number of benzene rings is 8. The van der Waals surface area contributed by atoms with Crippen LogP contribution >= 0.6 is 0 Å². The summed E-state index contributed by atoms with van der Waals surface area (Å²) in [6.45, 7) is 0. The average molecular weight is 625 g/mol. The minimum atomic E-state index is 0.984. The van der Waals surface area contributed by atoms with Crippen LogP contribution in [0.4, 0.5) is 17.1 Å². The molecule has 0 unspecified atom stereocenters. The minimum absolute atomic E-state index is 0.984. The van der Waals surface area contributed by atoms with Gasteiger partial charge in [-0.2, -0.15) is 0 Å². The SMILES string of the molecule is c1ccc(N(c2ccc(-c3ccc(-c4ccccn4)c4ccccc34)cc2)c2ccc(-c3ccc4ccccc4c3)c3ccccc23)cc1. The van der Waals surface area contributed by atoms with Crippen LogP contribution in [0.5, 0.6) is 0 Å². The molecule has 0 saturated carbocycles. The van der Waals surface area contributed by atoms with Gasteiger partial charge in [0.05, 0.1) is 11.4 Å². The third-order valence-electron chi connectivity index (χ3n) is 9.52. The zero-order valence-electron chi connectivity index (χ0n) is 26.9. The Morgan fingerprint density at radius 1 is 0.347 bits per heavy atom. The molecule has 0 radical (unpaired) electrons. The molecule has 0 aliphatic rings. The third kappa shape index (κ3) is 5.21.